The van der Waals surface area contributed by atoms with Crippen LogP contribution in [-0.2, 0) is 17.9 Å². The largest absolute Gasteiger partial charge is 0.486 e. The van der Waals surface area contributed by atoms with Crippen molar-refractivity contribution in [1.82, 2.24) is 4.90 Å². The lowest BCUT2D eigenvalue weighted by Crippen LogP contribution is -2.27. The Kier molecular flexibility index (Phi) is 8.33. The molecule has 3 aromatic carbocycles. The second-order valence-electron chi connectivity index (χ2n) is 7.16. The van der Waals surface area contributed by atoms with Crippen LogP contribution in [0.25, 0.3) is 6.08 Å². The maximum absolute atomic E-state index is 12.9. The summed E-state index contributed by atoms with van der Waals surface area (Å²) < 4.78 is 7.31. The van der Waals surface area contributed by atoms with Gasteiger partial charge in [-0.2, -0.15) is 0 Å². The Bertz CT molecular complexity index is 1290. The second-order valence-corrected chi connectivity index (χ2v) is 11.1. The van der Waals surface area contributed by atoms with Gasteiger partial charge < -0.3 is 4.74 Å². The van der Waals surface area contributed by atoms with Gasteiger partial charge in [0.05, 0.1) is 20.4 Å². The minimum absolute atomic E-state index is 0.00270. The van der Waals surface area contributed by atoms with Gasteiger partial charge in [-0.05, 0) is 85.6 Å². The summed E-state index contributed by atoms with van der Waals surface area (Å²) >= 11 is 26.5. The number of amides is 2. The first-order chi connectivity index (χ1) is 16.2. The number of nitrogens with zero attached hydrogens (tertiary/aromatic N) is 1. The molecule has 174 valence electrons. The summed E-state index contributed by atoms with van der Waals surface area (Å²) in [6.07, 6.45) is 1.66. The summed E-state index contributed by atoms with van der Waals surface area (Å²) in [6.45, 7) is 0.294. The zero-order valence-corrected chi connectivity index (χ0v) is 23.4. The summed E-state index contributed by atoms with van der Waals surface area (Å²) in [5.74, 6) is 0.191. The van der Waals surface area contributed by atoms with Crippen LogP contribution >= 0.6 is 78.4 Å². The molecule has 0 aliphatic carbocycles. The summed E-state index contributed by atoms with van der Waals surface area (Å²) in [6, 6.07) is 16.1. The van der Waals surface area contributed by atoms with Gasteiger partial charge >= 0.3 is 0 Å². The molecule has 1 heterocycles. The molecular weight excluding hydrogens is 649 g/mol. The van der Waals surface area contributed by atoms with Crippen LogP contribution in [-0.4, -0.2) is 16.0 Å². The molecule has 0 aromatic heterocycles. The van der Waals surface area contributed by atoms with E-state index >= 15 is 0 Å². The maximum Gasteiger partial charge on any atom is 0.293 e. The third-order valence-corrected chi connectivity index (χ3v) is 8.06. The number of imide groups is 1. The summed E-state index contributed by atoms with van der Waals surface area (Å²) in [7, 11) is 0. The molecule has 1 aliphatic heterocycles. The third kappa shape index (κ3) is 5.66. The standard InChI is InChI=1S/C24H14Br2Cl3NO3S/c25-16-8-13(9-17(26)22(16)33-12-14-4-1-2-5-18(14)27)10-21-23(31)30(24(32)34-21)11-15-19(28)6-3-7-20(15)29/h1-10H,11-12H2/b21-10+. The number of carbonyl (C=O) groups is 2. The predicted molar refractivity (Wildman–Crippen MR) is 146 cm³/mol. The zero-order chi connectivity index (χ0) is 24.4. The van der Waals surface area contributed by atoms with Crippen molar-refractivity contribution >= 4 is 95.6 Å². The third-order valence-electron chi connectivity index (χ3n) is 4.90. The zero-order valence-electron chi connectivity index (χ0n) is 17.2. The number of halogens is 5. The van der Waals surface area contributed by atoms with Gasteiger partial charge in [0.2, 0.25) is 0 Å². The van der Waals surface area contributed by atoms with Crippen LogP contribution in [0.2, 0.25) is 15.1 Å². The lowest BCUT2D eigenvalue weighted by atomic mass is 10.2. The van der Waals surface area contributed by atoms with E-state index in [9.17, 15) is 9.59 Å². The first kappa shape index (κ1) is 25.6. The minimum atomic E-state index is -0.405. The molecule has 4 nitrogen and oxygen atoms in total. The summed E-state index contributed by atoms with van der Waals surface area (Å²) in [5, 5.41) is 1.04. The molecule has 0 N–H and O–H groups in total. The van der Waals surface area contributed by atoms with Crippen molar-refractivity contribution in [3.05, 3.63) is 100 Å². The van der Waals surface area contributed by atoms with E-state index < -0.39 is 5.91 Å². The molecule has 1 aliphatic rings. The SMILES string of the molecule is O=C1S/C(=C/c2cc(Br)c(OCc3ccccc3Cl)c(Br)c2)C(=O)N1Cc1c(Cl)cccc1Cl. The molecule has 10 heteroatoms. The van der Waals surface area contributed by atoms with E-state index in [-0.39, 0.29) is 11.8 Å². The van der Waals surface area contributed by atoms with Crippen LogP contribution in [0.4, 0.5) is 4.79 Å². The van der Waals surface area contributed by atoms with Gasteiger partial charge in [-0.3, -0.25) is 14.5 Å². The van der Waals surface area contributed by atoms with Crippen LogP contribution in [0.5, 0.6) is 5.75 Å². The molecule has 2 amide bonds. The summed E-state index contributed by atoms with van der Waals surface area (Å²) in [5.41, 5.74) is 2.10. The number of benzene rings is 3. The second kappa shape index (κ2) is 11.1. The Hall–Kier alpha value is -1.48. The van der Waals surface area contributed by atoms with Gasteiger partial charge in [0.1, 0.15) is 12.4 Å². The van der Waals surface area contributed by atoms with Crippen LogP contribution in [0.1, 0.15) is 16.7 Å². The number of ether oxygens (including phenoxy) is 1. The Morgan fingerprint density at radius 2 is 1.53 bits per heavy atom. The molecular formula is C24H14Br2Cl3NO3S. The van der Waals surface area contributed by atoms with Crippen molar-refractivity contribution in [2.75, 3.05) is 0 Å². The average Bonchev–Trinajstić information content (AvgIpc) is 3.04. The molecule has 3 aromatic rings. The Morgan fingerprint density at radius 1 is 0.912 bits per heavy atom. The van der Waals surface area contributed by atoms with Gasteiger partial charge in [0.25, 0.3) is 11.1 Å². The van der Waals surface area contributed by atoms with Gasteiger partial charge in [0, 0.05) is 26.2 Å². The fourth-order valence-corrected chi connectivity index (χ4v) is 6.19. The highest BCUT2D eigenvalue weighted by Gasteiger charge is 2.35. The molecule has 0 radical (unpaired) electrons. The lowest BCUT2D eigenvalue weighted by Gasteiger charge is -2.14. The van der Waals surface area contributed by atoms with Crippen molar-refractivity contribution in [2.24, 2.45) is 0 Å². The molecule has 34 heavy (non-hydrogen) atoms. The molecule has 1 fully saturated rings. The average molecular weight is 663 g/mol. The van der Waals surface area contributed by atoms with E-state index in [0.717, 1.165) is 22.2 Å². The fraction of sp³-hybridized carbons (Fsp3) is 0.0833. The molecule has 0 unspecified atom stereocenters. The predicted octanol–water partition coefficient (Wildman–Crippen LogP) is 8.99. The van der Waals surface area contributed by atoms with Gasteiger partial charge in [-0.15, -0.1) is 0 Å². The van der Waals surface area contributed by atoms with E-state index in [1.54, 1.807) is 30.3 Å². The van der Waals surface area contributed by atoms with Crippen LogP contribution in [0.3, 0.4) is 0 Å². The monoisotopic (exact) mass is 659 g/mol. The molecule has 0 atom stereocenters. The van der Waals surface area contributed by atoms with Crippen molar-refractivity contribution in [1.29, 1.82) is 0 Å². The first-order valence-corrected chi connectivity index (χ1v) is 13.3. The highest BCUT2D eigenvalue weighted by molar-refractivity contribution is 9.11. The number of hydrogen-bond acceptors (Lipinski definition) is 4. The normalized spacial score (nSPS) is 14.9. The van der Waals surface area contributed by atoms with Crippen molar-refractivity contribution in [3.8, 4) is 5.75 Å². The van der Waals surface area contributed by atoms with Gasteiger partial charge in [-0.1, -0.05) is 59.1 Å². The van der Waals surface area contributed by atoms with E-state index in [2.05, 4.69) is 31.9 Å². The first-order valence-electron chi connectivity index (χ1n) is 9.78. The number of rotatable bonds is 6. The molecule has 0 spiro atoms. The molecule has 1 saturated heterocycles. The van der Waals surface area contributed by atoms with Crippen LogP contribution in [0.15, 0.2) is 68.4 Å². The van der Waals surface area contributed by atoms with E-state index in [4.69, 9.17) is 39.5 Å². The van der Waals surface area contributed by atoms with Crippen molar-refractivity contribution in [2.45, 2.75) is 13.2 Å². The molecule has 4 rings (SSSR count). The van der Waals surface area contributed by atoms with Gasteiger partial charge in [-0.25, -0.2) is 0 Å². The van der Waals surface area contributed by atoms with Crippen LogP contribution in [0, 0.1) is 0 Å². The van der Waals surface area contributed by atoms with E-state index in [1.807, 2.05) is 30.3 Å². The Morgan fingerprint density at radius 3 is 2.18 bits per heavy atom. The molecule has 0 saturated carbocycles. The quantitative estimate of drug-likeness (QED) is 0.247. The van der Waals surface area contributed by atoms with E-state index in [1.165, 1.54) is 0 Å². The lowest BCUT2D eigenvalue weighted by molar-refractivity contribution is -0.123. The fourth-order valence-electron chi connectivity index (χ4n) is 3.20. The smallest absolute Gasteiger partial charge is 0.293 e. The van der Waals surface area contributed by atoms with Crippen molar-refractivity contribution < 1.29 is 14.3 Å². The van der Waals surface area contributed by atoms with Crippen molar-refractivity contribution in [3.63, 3.8) is 0 Å². The Labute approximate surface area is 232 Å². The minimum Gasteiger partial charge on any atom is -0.486 e. The number of carbonyl (C=O) groups excluding carboxylic acids is 2. The molecule has 0 bridgehead atoms. The van der Waals surface area contributed by atoms with Crippen LogP contribution < -0.4 is 4.74 Å². The number of hydrogen-bond donors (Lipinski definition) is 0. The van der Waals surface area contributed by atoms with Gasteiger partial charge in [0.15, 0.2) is 0 Å². The Balaban J connectivity index is 1.53. The topological polar surface area (TPSA) is 46.6 Å². The highest BCUT2D eigenvalue weighted by Crippen LogP contribution is 2.39. The highest BCUT2D eigenvalue weighted by atomic mass is 79.9. The number of thioether (sulfide) groups is 1. The summed E-state index contributed by atoms with van der Waals surface area (Å²) in [4.78, 5) is 26.9. The maximum atomic E-state index is 12.9. The van der Waals surface area contributed by atoms with E-state index in [0.29, 0.717) is 52.4 Å².